The van der Waals surface area contributed by atoms with E-state index < -0.39 is 0 Å². The van der Waals surface area contributed by atoms with Crippen LogP contribution in [0.15, 0.2) is 35.7 Å². The summed E-state index contributed by atoms with van der Waals surface area (Å²) in [6.07, 6.45) is 4.11. The Kier molecular flexibility index (Phi) is 6.71. The maximum Gasteiger partial charge on any atom is 0.123 e. The van der Waals surface area contributed by atoms with Gasteiger partial charge < -0.3 is 10.4 Å². The number of thiazole rings is 1. The number of hydrogen-bond acceptors (Lipinski definition) is 4. The van der Waals surface area contributed by atoms with Crippen molar-refractivity contribution in [1.29, 1.82) is 0 Å². The molecule has 0 bridgehead atoms. The predicted octanol–water partition coefficient (Wildman–Crippen LogP) is 3.10. The van der Waals surface area contributed by atoms with Crippen LogP contribution in [0, 0.1) is 0 Å². The van der Waals surface area contributed by atoms with Gasteiger partial charge in [-0.1, -0.05) is 30.3 Å². The summed E-state index contributed by atoms with van der Waals surface area (Å²) in [6.45, 7) is 2.30. The van der Waals surface area contributed by atoms with Gasteiger partial charge in [-0.3, -0.25) is 0 Å². The third-order valence-corrected chi connectivity index (χ3v) is 4.08. The average Bonchev–Trinajstić information content (AvgIpc) is 2.96. The van der Waals surface area contributed by atoms with Gasteiger partial charge in [0.2, 0.25) is 0 Å². The molecule has 0 fully saturated rings. The van der Waals surface area contributed by atoms with Crippen molar-refractivity contribution in [3.8, 4) is 10.6 Å². The molecule has 0 saturated heterocycles. The first-order valence-electron chi connectivity index (χ1n) is 7.21. The van der Waals surface area contributed by atoms with E-state index in [0.717, 1.165) is 49.5 Å². The lowest BCUT2D eigenvalue weighted by Crippen LogP contribution is -2.18. The molecule has 2 N–H and O–H groups in total. The SMILES string of the molecule is OCCCCCNCCc1csc(-c2ccccc2)n1. The fraction of sp³-hybridized carbons (Fsp3) is 0.438. The average molecular weight is 290 g/mol. The van der Waals surface area contributed by atoms with E-state index in [2.05, 4.69) is 27.8 Å². The highest BCUT2D eigenvalue weighted by Crippen LogP contribution is 2.23. The fourth-order valence-electron chi connectivity index (χ4n) is 2.02. The summed E-state index contributed by atoms with van der Waals surface area (Å²) in [7, 11) is 0. The van der Waals surface area contributed by atoms with E-state index in [1.54, 1.807) is 11.3 Å². The highest BCUT2D eigenvalue weighted by molar-refractivity contribution is 7.13. The van der Waals surface area contributed by atoms with Crippen LogP contribution >= 0.6 is 11.3 Å². The van der Waals surface area contributed by atoms with Crippen LogP contribution in [0.5, 0.6) is 0 Å². The van der Waals surface area contributed by atoms with Gasteiger partial charge in [0.25, 0.3) is 0 Å². The standard InChI is InChI=1S/C16H22N2OS/c19-12-6-2-5-10-17-11-9-15-13-20-16(18-15)14-7-3-1-4-8-14/h1,3-4,7-8,13,17,19H,2,5-6,9-12H2. The van der Waals surface area contributed by atoms with Gasteiger partial charge >= 0.3 is 0 Å². The normalized spacial score (nSPS) is 10.8. The molecule has 108 valence electrons. The number of hydrogen-bond donors (Lipinski definition) is 2. The minimum absolute atomic E-state index is 0.307. The lowest BCUT2D eigenvalue weighted by atomic mass is 10.2. The second-order valence-corrected chi connectivity index (χ2v) is 5.65. The monoisotopic (exact) mass is 290 g/mol. The van der Waals surface area contributed by atoms with Crippen molar-refractivity contribution in [3.63, 3.8) is 0 Å². The van der Waals surface area contributed by atoms with Crippen molar-refractivity contribution in [2.45, 2.75) is 25.7 Å². The van der Waals surface area contributed by atoms with Crippen LogP contribution in [-0.4, -0.2) is 29.8 Å². The maximum absolute atomic E-state index is 8.69. The number of aliphatic hydroxyl groups excluding tert-OH is 1. The minimum atomic E-state index is 0.307. The molecule has 4 heteroatoms. The molecule has 3 nitrogen and oxygen atoms in total. The van der Waals surface area contributed by atoms with Crippen molar-refractivity contribution in [2.75, 3.05) is 19.7 Å². The van der Waals surface area contributed by atoms with Gasteiger partial charge in [0.1, 0.15) is 5.01 Å². The smallest absolute Gasteiger partial charge is 0.123 e. The highest BCUT2D eigenvalue weighted by Gasteiger charge is 2.03. The third kappa shape index (κ3) is 5.04. The van der Waals surface area contributed by atoms with Crippen molar-refractivity contribution >= 4 is 11.3 Å². The van der Waals surface area contributed by atoms with Gasteiger partial charge in [0, 0.05) is 30.5 Å². The Morgan fingerprint density at radius 3 is 2.70 bits per heavy atom. The summed E-state index contributed by atoms with van der Waals surface area (Å²) in [6, 6.07) is 10.3. The Balaban J connectivity index is 1.69. The molecule has 2 aromatic rings. The van der Waals surface area contributed by atoms with E-state index >= 15 is 0 Å². The molecular weight excluding hydrogens is 268 g/mol. The summed E-state index contributed by atoms with van der Waals surface area (Å²) < 4.78 is 0. The van der Waals surface area contributed by atoms with Crippen LogP contribution in [0.1, 0.15) is 25.0 Å². The van der Waals surface area contributed by atoms with Gasteiger partial charge in [0.15, 0.2) is 0 Å². The molecule has 1 heterocycles. The quantitative estimate of drug-likeness (QED) is 0.698. The van der Waals surface area contributed by atoms with E-state index in [1.807, 2.05) is 18.2 Å². The molecule has 2 rings (SSSR count). The zero-order chi connectivity index (χ0) is 14.0. The molecular formula is C16H22N2OS. The minimum Gasteiger partial charge on any atom is -0.396 e. The predicted molar refractivity (Wildman–Crippen MR) is 85.1 cm³/mol. The summed E-state index contributed by atoms with van der Waals surface area (Å²) in [4.78, 5) is 4.67. The molecule has 0 aliphatic carbocycles. The molecule has 1 aromatic heterocycles. The summed E-state index contributed by atoms with van der Waals surface area (Å²) >= 11 is 1.71. The Hall–Kier alpha value is -1.23. The largest absolute Gasteiger partial charge is 0.396 e. The van der Waals surface area contributed by atoms with Gasteiger partial charge in [0.05, 0.1) is 5.69 Å². The van der Waals surface area contributed by atoms with Gasteiger partial charge in [-0.15, -0.1) is 11.3 Å². The second-order valence-electron chi connectivity index (χ2n) is 4.79. The molecule has 0 aliphatic heterocycles. The van der Waals surface area contributed by atoms with Crippen LogP contribution in [0.2, 0.25) is 0 Å². The van der Waals surface area contributed by atoms with Crippen LogP contribution in [0.25, 0.3) is 10.6 Å². The van der Waals surface area contributed by atoms with E-state index in [0.29, 0.717) is 6.61 Å². The molecule has 0 atom stereocenters. The number of nitrogens with one attached hydrogen (secondary N) is 1. The van der Waals surface area contributed by atoms with Crippen LogP contribution in [0.4, 0.5) is 0 Å². The first-order valence-corrected chi connectivity index (χ1v) is 8.09. The van der Waals surface area contributed by atoms with E-state index in [1.165, 1.54) is 5.56 Å². The van der Waals surface area contributed by atoms with Crippen molar-refractivity contribution in [2.24, 2.45) is 0 Å². The van der Waals surface area contributed by atoms with Crippen LogP contribution < -0.4 is 5.32 Å². The topological polar surface area (TPSA) is 45.1 Å². The van der Waals surface area contributed by atoms with Gasteiger partial charge in [-0.2, -0.15) is 0 Å². The van der Waals surface area contributed by atoms with Crippen LogP contribution in [0.3, 0.4) is 0 Å². The van der Waals surface area contributed by atoms with E-state index in [4.69, 9.17) is 5.11 Å². The van der Waals surface area contributed by atoms with Crippen molar-refractivity contribution in [1.82, 2.24) is 10.3 Å². The molecule has 0 spiro atoms. The van der Waals surface area contributed by atoms with Gasteiger partial charge in [-0.25, -0.2) is 4.98 Å². The second kappa shape index (κ2) is 8.84. The number of nitrogens with zero attached hydrogens (tertiary/aromatic N) is 1. The van der Waals surface area contributed by atoms with Crippen molar-refractivity contribution in [3.05, 3.63) is 41.4 Å². The lowest BCUT2D eigenvalue weighted by molar-refractivity contribution is 0.283. The molecule has 1 aromatic carbocycles. The zero-order valence-electron chi connectivity index (χ0n) is 11.7. The fourth-order valence-corrected chi connectivity index (χ4v) is 2.88. The highest BCUT2D eigenvalue weighted by atomic mass is 32.1. The first kappa shape index (κ1) is 15.2. The number of rotatable bonds is 9. The Bertz CT molecular complexity index is 484. The number of aromatic nitrogens is 1. The maximum atomic E-state index is 8.69. The van der Waals surface area contributed by atoms with E-state index in [-0.39, 0.29) is 0 Å². The molecule has 20 heavy (non-hydrogen) atoms. The molecule has 0 saturated carbocycles. The Morgan fingerprint density at radius 1 is 1.05 bits per heavy atom. The third-order valence-electron chi connectivity index (χ3n) is 3.14. The number of aliphatic hydroxyl groups is 1. The molecule has 0 amide bonds. The Labute approximate surface area is 124 Å². The summed E-state index contributed by atoms with van der Waals surface area (Å²) in [5.41, 5.74) is 2.36. The lowest BCUT2D eigenvalue weighted by Gasteiger charge is -2.02. The molecule has 0 unspecified atom stereocenters. The van der Waals surface area contributed by atoms with Gasteiger partial charge in [-0.05, 0) is 25.8 Å². The summed E-state index contributed by atoms with van der Waals surface area (Å²) in [5, 5.41) is 15.4. The zero-order valence-corrected chi connectivity index (χ0v) is 12.5. The molecule has 0 aliphatic rings. The van der Waals surface area contributed by atoms with Crippen LogP contribution in [-0.2, 0) is 6.42 Å². The first-order chi connectivity index (χ1) is 9.90. The summed E-state index contributed by atoms with van der Waals surface area (Å²) in [5.74, 6) is 0. The van der Waals surface area contributed by atoms with Crippen molar-refractivity contribution < 1.29 is 5.11 Å². The number of unbranched alkanes of at least 4 members (excludes halogenated alkanes) is 2. The Morgan fingerprint density at radius 2 is 1.90 bits per heavy atom. The molecule has 0 radical (unpaired) electrons. The van der Waals surface area contributed by atoms with E-state index in [9.17, 15) is 0 Å². The number of benzene rings is 1.